The third-order valence-electron chi connectivity index (χ3n) is 8.90. The number of fused-ring (bicyclic) bond motifs is 1. The molecule has 2 amide bonds. The van der Waals surface area contributed by atoms with Gasteiger partial charge in [0.25, 0.3) is 5.91 Å². The van der Waals surface area contributed by atoms with Gasteiger partial charge in [0.05, 0.1) is 16.8 Å². The standard InChI is InChI=1S/C29H45Cl2N5O4S/c1-3-21-12-13-23(19-26(21)41(39,40)33-16-14-22-11-7-8-15-32-22)34-28(37)25(4-2)36-18-10-6-5-9-17-35(36)20-24(30)27(31)29(36)38/h12-13,19,22,24-25,27,32-33H,3-11,14-18,20H2,1-2H3/p+1/t22?,24?,25-,27?,36?/m1/s1. The van der Waals surface area contributed by atoms with E-state index < -0.39 is 26.8 Å². The molecule has 230 valence electrons. The number of amides is 2. The predicted octanol–water partition coefficient (Wildman–Crippen LogP) is 4.14. The molecule has 0 spiro atoms. The number of sulfonamides is 1. The summed E-state index contributed by atoms with van der Waals surface area (Å²) in [6, 6.07) is 4.63. The van der Waals surface area contributed by atoms with Gasteiger partial charge in [-0.15, -0.1) is 28.2 Å². The van der Waals surface area contributed by atoms with Crippen LogP contribution in [0, 0.1) is 0 Å². The van der Waals surface area contributed by atoms with Crippen LogP contribution in [0.1, 0.15) is 77.2 Å². The van der Waals surface area contributed by atoms with Crippen molar-refractivity contribution in [1.29, 1.82) is 0 Å². The normalized spacial score (nSPS) is 28.8. The molecule has 1 aromatic carbocycles. The van der Waals surface area contributed by atoms with E-state index in [1.165, 1.54) is 6.07 Å². The summed E-state index contributed by atoms with van der Waals surface area (Å²) in [5.41, 5.74) is 1.07. The first-order valence-electron chi connectivity index (χ1n) is 15.3. The van der Waals surface area contributed by atoms with Crippen LogP contribution in [0.4, 0.5) is 5.69 Å². The quantitative estimate of drug-likeness (QED) is 0.265. The minimum atomic E-state index is -3.79. The van der Waals surface area contributed by atoms with Crippen molar-refractivity contribution in [2.75, 3.05) is 38.0 Å². The molecule has 0 radical (unpaired) electrons. The molecule has 0 bridgehead atoms. The number of nitrogens with one attached hydrogen (secondary N) is 3. The fourth-order valence-electron chi connectivity index (χ4n) is 6.67. The molecule has 3 saturated heterocycles. The topological polar surface area (TPSA) is 108 Å². The SMILES string of the molecule is CCc1ccc(NC(=O)[C@@H](CC)[N+]23CCCCCCN2CC(Cl)C(Cl)C3=O)cc1S(=O)(=O)NCCC1CCCCN1. The average molecular weight is 632 g/mol. The Bertz CT molecular complexity index is 1180. The van der Waals surface area contributed by atoms with E-state index in [2.05, 4.69) is 15.4 Å². The molecule has 41 heavy (non-hydrogen) atoms. The predicted molar refractivity (Wildman–Crippen MR) is 163 cm³/mol. The van der Waals surface area contributed by atoms with Crippen molar-refractivity contribution in [3.63, 3.8) is 0 Å². The summed E-state index contributed by atoms with van der Waals surface area (Å²) in [4.78, 5) is 27.9. The van der Waals surface area contributed by atoms with Gasteiger partial charge in [-0.25, -0.2) is 17.9 Å². The largest absolute Gasteiger partial charge is 0.353 e. The Hall–Kier alpha value is -1.27. The second kappa shape index (κ2) is 14.5. The number of hydrogen-bond donors (Lipinski definition) is 3. The molecule has 5 atom stereocenters. The Morgan fingerprint density at radius 1 is 1.15 bits per heavy atom. The van der Waals surface area contributed by atoms with Crippen LogP contribution < -0.4 is 15.4 Å². The Balaban J connectivity index is 1.56. The molecule has 3 N–H and O–H groups in total. The van der Waals surface area contributed by atoms with Crippen LogP contribution in [0.25, 0.3) is 0 Å². The van der Waals surface area contributed by atoms with Crippen molar-refractivity contribution in [3.05, 3.63) is 23.8 Å². The third kappa shape index (κ3) is 7.28. The zero-order valence-electron chi connectivity index (χ0n) is 24.3. The van der Waals surface area contributed by atoms with Crippen LogP contribution in [-0.2, 0) is 26.0 Å². The van der Waals surface area contributed by atoms with Gasteiger partial charge in [0.1, 0.15) is 6.54 Å². The van der Waals surface area contributed by atoms with Crippen LogP contribution in [0.5, 0.6) is 0 Å². The van der Waals surface area contributed by atoms with Gasteiger partial charge in [-0.1, -0.05) is 32.8 Å². The third-order valence-corrected chi connectivity index (χ3v) is 11.5. The van der Waals surface area contributed by atoms with E-state index in [0.29, 0.717) is 56.3 Å². The lowest BCUT2D eigenvalue weighted by Gasteiger charge is -2.52. The van der Waals surface area contributed by atoms with E-state index in [1.54, 1.807) is 12.1 Å². The highest BCUT2D eigenvalue weighted by atomic mass is 35.5. The summed E-state index contributed by atoms with van der Waals surface area (Å²) in [5, 5.41) is 7.05. The molecule has 4 unspecified atom stereocenters. The number of hydrogen-bond acceptors (Lipinski definition) is 6. The van der Waals surface area contributed by atoms with Gasteiger partial charge in [-0.3, -0.25) is 4.79 Å². The molecule has 0 saturated carbocycles. The number of benzene rings is 1. The Kier molecular flexibility index (Phi) is 11.5. The zero-order chi connectivity index (χ0) is 29.6. The molecule has 4 rings (SSSR count). The van der Waals surface area contributed by atoms with Gasteiger partial charge in [0.15, 0.2) is 11.4 Å². The lowest BCUT2D eigenvalue weighted by atomic mass is 10.0. The lowest BCUT2D eigenvalue weighted by molar-refractivity contribution is -0.986. The molecule has 3 heterocycles. The van der Waals surface area contributed by atoms with Crippen molar-refractivity contribution in [2.45, 2.75) is 106 Å². The van der Waals surface area contributed by atoms with Crippen LogP contribution in [0.2, 0.25) is 0 Å². The summed E-state index contributed by atoms with van der Waals surface area (Å²) < 4.78 is 29.4. The molecule has 0 aliphatic carbocycles. The first-order chi connectivity index (χ1) is 19.6. The number of nitrogens with zero attached hydrogens (tertiary/aromatic N) is 2. The van der Waals surface area contributed by atoms with Gasteiger partial charge in [0, 0.05) is 31.2 Å². The van der Waals surface area contributed by atoms with E-state index in [1.807, 2.05) is 18.9 Å². The minimum Gasteiger partial charge on any atom is -0.321 e. The Labute approximate surface area is 255 Å². The van der Waals surface area contributed by atoms with Crippen LogP contribution in [0.15, 0.2) is 23.1 Å². The van der Waals surface area contributed by atoms with Crippen molar-refractivity contribution in [2.24, 2.45) is 0 Å². The maximum absolute atomic E-state index is 13.9. The van der Waals surface area contributed by atoms with Gasteiger partial charge < -0.3 is 10.6 Å². The van der Waals surface area contributed by atoms with Crippen LogP contribution in [0.3, 0.4) is 0 Å². The number of carbonyl (C=O) groups is 2. The molecule has 12 heteroatoms. The number of carbonyl (C=O) groups excluding carboxylic acids is 2. The molecule has 3 aliphatic heterocycles. The average Bonchev–Trinajstić information content (AvgIpc) is 2.95. The van der Waals surface area contributed by atoms with Crippen molar-refractivity contribution >= 4 is 50.7 Å². The minimum absolute atomic E-state index is 0.130. The lowest BCUT2D eigenvalue weighted by Crippen LogP contribution is -2.77. The fraction of sp³-hybridized carbons (Fsp3) is 0.724. The number of halogens is 2. The Morgan fingerprint density at radius 3 is 2.63 bits per heavy atom. The number of piperidine rings is 1. The van der Waals surface area contributed by atoms with Crippen molar-refractivity contribution in [1.82, 2.24) is 15.0 Å². The molecule has 9 nitrogen and oxygen atoms in total. The van der Waals surface area contributed by atoms with Crippen molar-refractivity contribution in [3.8, 4) is 0 Å². The van der Waals surface area contributed by atoms with E-state index >= 15 is 0 Å². The monoisotopic (exact) mass is 630 g/mol. The second-order valence-electron chi connectivity index (χ2n) is 11.6. The number of alkyl halides is 2. The van der Waals surface area contributed by atoms with E-state index in [0.717, 1.165) is 57.9 Å². The second-order valence-corrected chi connectivity index (χ2v) is 14.3. The maximum atomic E-state index is 13.9. The smallest absolute Gasteiger partial charge is 0.321 e. The Morgan fingerprint density at radius 2 is 1.93 bits per heavy atom. The highest BCUT2D eigenvalue weighted by molar-refractivity contribution is 7.89. The van der Waals surface area contributed by atoms with Crippen molar-refractivity contribution < 1.29 is 22.6 Å². The van der Waals surface area contributed by atoms with E-state index in [9.17, 15) is 18.0 Å². The first kappa shape index (κ1) is 32.6. The fourth-order valence-corrected chi connectivity index (χ4v) is 8.57. The molecule has 0 aromatic heterocycles. The highest BCUT2D eigenvalue weighted by Crippen LogP contribution is 2.36. The number of aryl methyl sites for hydroxylation is 1. The van der Waals surface area contributed by atoms with E-state index in [-0.39, 0.29) is 21.3 Å². The van der Waals surface area contributed by atoms with Gasteiger partial charge in [-0.05, 0) is 69.2 Å². The molecular weight excluding hydrogens is 585 g/mol. The first-order valence-corrected chi connectivity index (χ1v) is 17.6. The maximum Gasteiger partial charge on any atom is 0.353 e. The van der Waals surface area contributed by atoms with Gasteiger partial charge >= 0.3 is 5.91 Å². The summed E-state index contributed by atoms with van der Waals surface area (Å²) in [7, 11) is -3.79. The van der Waals surface area contributed by atoms with Crippen LogP contribution >= 0.6 is 23.2 Å². The molecule has 3 fully saturated rings. The number of quaternary nitrogens is 1. The summed E-state index contributed by atoms with van der Waals surface area (Å²) in [6.45, 7) is 6.71. The summed E-state index contributed by atoms with van der Waals surface area (Å²) in [5.74, 6) is -0.560. The van der Waals surface area contributed by atoms with Crippen LogP contribution in [-0.4, -0.2) is 85.4 Å². The molecular formula is C29H46Cl2N5O4S+. The van der Waals surface area contributed by atoms with E-state index in [4.69, 9.17) is 23.2 Å². The zero-order valence-corrected chi connectivity index (χ0v) is 26.7. The number of anilines is 1. The number of rotatable bonds is 10. The summed E-state index contributed by atoms with van der Waals surface area (Å²) >= 11 is 13.0. The summed E-state index contributed by atoms with van der Waals surface area (Å²) in [6.07, 6.45) is 8.83. The molecule has 3 aliphatic rings. The van der Waals surface area contributed by atoms with Gasteiger partial charge in [-0.2, -0.15) is 4.59 Å². The highest BCUT2D eigenvalue weighted by Gasteiger charge is 2.59. The van der Waals surface area contributed by atoms with Gasteiger partial charge in [0.2, 0.25) is 10.0 Å². The molecule has 1 aromatic rings.